The SMILES string of the molecule is Cn1cc(Cl)cc1C(=O)N1CCNCC12CCCCC2. The smallest absolute Gasteiger partial charge is 0.271 e. The zero-order valence-corrected chi connectivity index (χ0v) is 12.7. The Morgan fingerprint density at radius 2 is 2.10 bits per heavy atom. The molecule has 110 valence electrons. The number of hydrogen-bond donors (Lipinski definition) is 1. The first-order chi connectivity index (χ1) is 9.62. The van der Waals surface area contributed by atoms with E-state index in [0.717, 1.165) is 32.5 Å². The third kappa shape index (κ3) is 2.35. The second-order valence-corrected chi connectivity index (χ2v) is 6.51. The molecule has 0 unspecified atom stereocenters. The van der Waals surface area contributed by atoms with E-state index in [-0.39, 0.29) is 11.4 Å². The van der Waals surface area contributed by atoms with Crippen LogP contribution < -0.4 is 5.32 Å². The van der Waals surface area contributed by atoms with Gasteiger partial charge in [0.25, 0.3) is 5.91 Å². The predicted octanol–water partition coefficient (Wildman–Crippen LogP) is 2.43. The summed E-state index contributed by atoms with van der Waals surface area (Å²) in [6.07, 6.45) is 7.76. The van der Waals surface area contributed by atoms with Crippen LogP contribution in [0, 0.1) is 0 Å². The molecule has 0 atom stereocenters. The van der Waals surface area contributed by atoms with Gasteiger partial charge in [-0.3, -0.25) is 4.79 Å². The second kappa shape index (κ2) is 5.41. The summed E-state index contributed by atoms with van der Waals surface area (Å²) in [6, 6.07) is 1.78. The zero-order chi connectivity index (χ0) is 14.2. The van der Waals surface area contributed by atoms with Gasteiger partial charge in [0.2, 0.25) is 0 Å². The molecular weight excluding hydrogens is 274 g/mol. The fraction of sp³-hybridized carbons (Fsp3) is 0.667. The van der Waals surface area contributed by atoms with Crippen molar-refractivity contribution in [2.24, 2.45) is 7.05 Å². The Bertz CT molecular complexity index is 497. The van der Waals surface area contributed by atoms with E-state index in [0.29, 0.717) is 10.7 Å². The normalized spacial score (nSPS) is 22.2. The first-order valence-corrected chi connectivity index (χ1v) is 7.85. The summed E-state index contributed by atoms with van der Waals surface area (Å²) in [5.41, 5.74) is 0.714. The Morgan fingerprint density at radius 3 is 2.75 bits per heavy atom. The summed E-state index contributed by atoms with van der Waals surface area (Å²) in [6.45, 7) is 2.60. The van der Waals surface area contributed by atoms with Crippen LogP contribution in [-0.2, 0) is 7.05 Å². The van der Waals surface area contributed by atoms with E-state index in [1.54, 1.807) is 12.3 Å². The summed E-state index contributed by atoms with van der Waals surface area (Å²) in [5, 5.41) is 4.10. The van der Waals surface area contributed by atoms with Gasteiger partial charge < -0.3 is 14.8 Å². The third-order valence-electron chi connectivity index (χ3n) is 4.76. The lowest BCUT2D eigenvalue weighted by molar-refractivity contribution is 0.0214. The minimum absolute atomic E-state index is 0.0182. The number of nitrogens with zero attached hydrogens (tertiary/aromatic N) is 2. The van der Waals surface area contributed by atoms with Gasteiger partial charge in [0, 0.05) is 32.9 Å². The molecule has 1 aliphatic carbocycles. The number of halogens is 1. The molecule has 5 heteroatoms. The van der Waals surface area contributed by atoms with Crippen LogP contribution in [0.1, 0.15) is 42.6 Å². The van der Waals surface area contributed by atoms with Crippen molar-refractivity contribution in [3.8, 4) is 0 Å². The monoisotopic (exact) mass is 295 g/mol. The Kier molecular flexibility index (Phi) is 3.78. The van der Waals surface area contributed by atoms with Crippen molar-refractivity contribution in [2.75, 3.05) is 19.6 Å². The molecule has 2 heterocycles. The van der Waals surface area contributed by atoms with Gasteiger partial charge in [0.1, 0.15) is 5.69 Å². The van der Waals surface area contributed by atoms with Crippen LogP contribution in [0.25, 0.3) is 0 Å². The van der Waals surface area contributed by atoms with Crippen molar-refractivity contribution in [3.05, 3.63) is 23.0 Å². The Labute approximate surface area is 125 Å². The van der Waals surface area contributed by atoms with Gasteiger partial charge >= 0.3 is 0 Å². The highest BCUT2D eigenvalue weighted by Gasteiger charge is 2.42. The fourth-order valence-corrected chi connectivity index (χ4v) is 3.94. The van der Waals surface area contributed by atoms with Crippen molar-refractivity contribution in [2.45, 2.75) is 37.6 Å². The topological polar surface area (TPSA) is 37.3 Å². The molecule has 1 N–H and O–H groups in total. The lowest BCUT2D eigenvalue weighted by Gasteiger charge is -2.49. The number of nitrogens with one attached hydrogen (secondary N) is 1. The van der Waals surface area contributed by atoms with E-state index in [2.05, 4.69) is 10.2 Å². The van der Waals surface area contributed by atoms with Crippen molar-refractivity contribution in [1.29, 1.82) is 0 Å². The summed E-state index contributed by atoms with van der Waals surface area (Å²) in [5.74, 6) is 0.128. The number of piperazine rings is 1. The largest absolute Gasteiger partial charge is 0.345 e. The highest BCUT2D eigenvalue weighted by atomic mass is 35.5. The fourth-order valence-electron chi connectivity index (χ4n) is 3.69. The number of aryl methyl sites for hydroxylation is 1. The number of hydrogen-bond acceptors (Lipinski definition) is 2. The van der Waals surface area contributed by atoms with E-state index >= 15 is 0 Å². The van der Waals surface area contributed by atoms with E-state index in [1.807, 2.05) is 11.6 Å². The molecule has 20 heavy (non-hydrogen) atoms. The van der Waals surface area contributed by atoms with Gasteiger partial charge in [-0.15, -0.1) is 0 Å². The van der Waals surface area contributed by atoms with Gasteiger partial charge in [-0.2, -0.15) is 0 Å². The Balaban J connectivity index is 1.89. The van der Waals surface area contributed by atoms with Gasteiger partial charge in [-0.25, -0.2) is 0 Å². The molecule has 1 aromatic rings. The number of aromatic nitrogens is 1. The van der Waals surface area contributed by atoms with E-state index < -0.39 is 0 Å². The Hall–Kier alpha value is -1.00. The van der Waals surface area contributed by atoms with Crippen LogP contribution in [-0.4, -0.2) is 40.5 Å². The number of amides is 1. The predicted molar refractivity (Wildman–Crippen MR) is 80.1 cm³/mol. The van der Waals surface area contributed by atoms with Crippen LogP contribution in [0.3, 0.4) is 0 Å². The quantitative estimate of drug-likeness (QED) is 0.864. The maximum atomic E-state index is 12.9. The second-order valence-electron chi connectivity index (χ2n) is 6.07. The molecule has 4 nitrogen and oxygen atoms in total. The maximum Gasteiger partial charge on any atom is 0.271 e. The van der Waals surface area contributed by atoms with Gasteiger partial charge in [-0.05, 0) is 18.9 Å². The van der Waals surface area contributed by atoms with E-state index in [9.17, 15) is 4.79 Å². The van der Waals surface area contributed by atoms with Crippen molar-refractivity contribution in [3.63, 3.8) is 0 Å². The highest BCUT2D eigenvalue weighted by molar-refractivity contribution is 6.31. The van der Waals surface area contributed by atoms with Crippen molar-refractivity contribution in [1.82, 2.24) is 14.8 Å². The van der Waals surface area contributed by atoms with Gasteiger partial charge in [0.15, 0.2) is 0 Å². The highest BCUT2D eigenvalue weighted by Crippen LogP contribution is 2.35. The minimum atomic E-state index is 0.0182. The number of carbonyl (C=O) groups excluding carboxylic acids is 1. The van der Waals surface area contributed by atoms with Crippen LogP contribution >= 0.6 is 11.6 Å². The molecule has 3 rings (SSSR count). The molecule has 0 radical (unpaired) electrons. The first kappa shape index (κ1) is 14.0. The molecule has 0 bridgehead atoms. The summed E-state index contributed by atoms with van der Waals surface area (Å²) in [4.78, 5) is 15.0. The summed E-state index contributed by atoms with van der Waals surface area (Å²) in [7, 11) is 1.88. The summed E-state index contributed by atoms with van der Waals surface area (Å²) < 4.78 is 1.84. The number of carbonyl (C=O) groups is 1. The maximum absolute atomic E-state index is 12.9. The van der Waals surface area contributed by atoms with Gasteiger partial charge in [0.05, 0.1) is 10.6 Å². The summed E-state index contributed by atoms with van der Waals surface area (Å²) >= 11 is 6.02. The standard InChI is InChI=1S/C15H22ClN3O/c1-18-10-12(16)9-13(18)14(20)19-8-7-17-11-15(19)5-3-2-4-6-15/h9-10,17H,2-8,11H2,1H3. The molecule has 2 fully saturated rings. The molecule has 1 spiro atoms. The molecular formula is C15H22ClN3O. The molecule has 1 saturated carbocycles. The lowest BCUT2D eigenvalue weighted by atomic mass is 9.79. The zero-order valence-electron chi connectivity index (χ0n) is 12.0. The lowest BCUT2D eigenvalue weighted by Crippen LogP contribution is -2.63. The average molecular weight is 296 g/mol. The van der Waals surface area contributed by atoms with E-state index in [1.165, 1.54) is 19.3 Å². The van der Waals surface area contributed by atoms with Crippen LogP contribution in [0.5, 0.6) is 0 Å². The number of rotatable bonds is 1. The molecule has 1 aliphatic heterocycles. The van der Waals surface area contributed by atoms with Crippen LogP contribution in [0.15, 0.2) is 12.3 Å². The van der Waals surface area contributed by atoms with Crippen molar-refractivity contribution >= 4 is 17.5 Å². The third-order valence-corrected chi connectivity index (χ3v) is 4.97. The molecule has 0 aromatic carbocycles. The molecule has 1 aromatic heterocycles. The van der Waals surface area contributed by atoms with Crippen LogP contribution in [0.4, 0.5) is 0 Å². The minimum Gasteiger partial charge on any atom is -0.345 e. The first-order valence-electron chi connectivity index (χ1n) is 7.47. The van der Waals surface area contributed by atoms with Crippen molar-refractivity contribution < 1.29 is 4.79 Å². The molecule has 1 amide bonds. The molecule has 1 saturated heterocycles. The van der Waals surface area contributed by atoms with Crippen LogP contribution in [0.2, 0.25) is 5.02 Å². The van der Waals surface area contributed by atoms with E-state index in [4.69, 9.17) is 11.6 Å². The Morgan fingerprint density at radius 1 is 1.35 bits per heavy atom. The van der Waals surface area contributed by atoms with Gasteiger partial charge in [-0.1, -0.05) is 30.9 Å². The molecule has 2 aliphatic rings. The average Bonchev–Trinajstić information content (AvgIpc) is 2.78.